The standard InChI is InChI=1S/C14H28N4/c1-5-7-8-9-13(15-6-2)10-14-16-11-17-18(14)12(3)4/h11-13,15H,5-10H2,1-4H3. The molecular formula is C14H28N4. The molecule has 104 valence electrons. The van der Waals surface area contributed by atoms with Gasteiger partial charge >= 0.3 is 0 Å². The summed E-state index contributed by atoms with van der Waals surface area (Å²) in [4.78, 5) is 4.40. The first-order valence-electron chi connectivity index (χ1n) is 7.30. The second-order valence-corrected chi connectivity index (χ2v) is 5.17. The maximum Gasteiger partial charge on any atom is 0.138 e. The van der Waals surface area contributed by atoms with Gasteiger partial charge in [0, 0.05) is 18.5 Å². The molecule has 1 rings (SSSR count). The Morgan fingerprint density at radius 3 is 2.67 bits per heavy atom. The molecule has 1 atom stereocenters. The minimum absolute atomic E-state index is 0.389. The predicted molar refractivity (Wildman–Crippen MR) is 75.7 cm³/mol. The Morgan fingerprint density at radius 1 is 1.28 bits per heavy atom. The molecule has 18 heavy (non-hydrogen) atoms. The summed E-state index contributed by atoms with van der Waals surface area (Å²) in [6.45, 7) is 9.74. The van der Waals surface area contributed by atoms with Crippen molar-refractivity contribution in [2.45, 2.75) is 71.9 Å². The van der Waals surface area contributed by atoms with Crippen LogP contribution in [0.3, 0.4) is 0 Å². The van der Waals surface area contributed by atoms with Gasteiger partial charge < -0.3 is 5.32 Å². The van der Waals surface area contributed by atoms with Gasteiger partial charge in [0.05, 0.1) is 0 Å². The second-order valence-electron chi connectivity index (χ2n) is 5.17. The van der Waals surface area contributed by atoms with Gasteiger partial charge in [-0.25, -0.2) is 9.67 Å². The molecule has 1 aromatic heterocycles. The van der Waals surface area contributed by atoms with E-state index in [1.54, 1.807) is 6.33 Å². The van der Waals surface area contributed by atoms with Crippen LogP contribution in [0.4, 0.5) is 0 Å². The second kappa shape index (κ2) is 8.25. The first kappa shape index (κ1) is 15.2. The zero-order chi connectivity index (χ0) is 13.4. The molecule has 0 amide bonds. The molecule has 0 bridgehead atoms. The van der Waals surface area contributed by atoms with Crippen molar-refractivity contribution in [2.75, 3.05) is 6.54 Å². The molecule has 1 heterocycles. The Morgan fingerprint density at radius 2 is 2.06 bits per heavy atom. The van der Waals surface area contributed by atoms with Crippen LogP contribution in [-0.4, -0.2) is 27.4 Å². The molecule has 0 fully saturated rings. The van der Waals surface area contributed by atoms with Gasteiger partial charge in [0.15, 0.2) is 0 Å². The summed E-state index contributed by atoms with van der Waals surface area (Å²) in [6, 6.07) is 0.920. The van der Waals surface area contributed by atoms with Gasteiger partial charge in [0.1, 0.15) is 12.2 Å². The van der Waals surface area contributed by atoms with Gasteiger partial charge in [0.2, 0.25) is 0 Å². The number of hydrogen-bond acceptors (Lipinski definition) is 3. The highest BCUT2D eigenvalue weighted by molar-refractivity contribution is 4.91. The van der Waals surface area contributed by atoms with E-state index in [9.17, 15) is 0 Å². The quantitative estimate of drug-likeness (QED) is 0.687. The Labute approximate surface area is 111 Å². The minimum atomic E-state index is 0.389. The summed E-state index contributed by atoms with van der Waals surface area (Å²) in [5.74, 6) is 1.10. The van der Waals surface area contributed by atoms with Crippen LogP contribution in [-0.2, 0) is 6.42 Å². The predicted octanol–water partition coefficient (Wildman–Crippen LogP) is 2.96. The average molecular weight is 252 g/mol. The van der Waals surface area contributed by atoms with Crippen LogP contribution >= 0.6 is 0 Å². The van der Waals surface area contributed by atoms with Crippen LogP contribution in [0.2, 0.25) is 0 Å². The van der Waals surface area contributed by atoms with Gasteiger partial charge in [-0.15, -0.1) is 0 Å². The van der Waals surface area contributed by atoms with Crippen molar-refractivity contribution in [1.29, 1.82) is 0 Å². The Balaban J connectivity index is 2.55. The molecule has 0 radical (unpaired) electrons. The zero-order valence-corrected chi connectivity index (χ0v) is 12.3. The molecular weight excluding hydrogens is 224 g/mol. The highest BCUT2D eigenvalue weighted by Gasteiger charge is 2.14. The summed E-state index contributed by atoms with van der Waals surface area (Å²) in [7, 11) is 0. The van der Waals surface area contributed by atoms with Gasteiger partial charge in [-0.05, 0) is 26.8 Å². The summed E-state index contributed by atoms with van der Waals surface area (Å²) >= 11 is 0. The molecule has 1 N–H and O–H groups in total. The summed E-state index contributed by atoms with van der Waals surface area (Å²) in [6.07, 6.45) is 7.77. The monoisotopic (exact) mass is 252 g/mol. The number of unbranched alkanes of at least 4 members (excludes halogenated alkanes) is 2. The van der Waals surface area contributed by atoms with E-state index in [2.05, 4.69) is 43.1 Å². The number of rotatable bonds is 9. The zero-order valence-electron chi connectivity index (χ0n) is 12.3. The molecule has 0 aromatic carbocycles. The molecule has 4 nitrogen and oxygen atoms in total. The number of nitrogens with zero attached hydrogens (tertiary/aromatic N) is 3. The number of nitrogens with one attached hydrogen (secondary N) is 1. The third kappa shape index (κ3) is 4.77. The molecule has 0 aliphatic carbocycles. The lowest BCUT2D eigenvalue weighted by atomic mass is 10.0. The fourth-order valence-electron chi connectivity index (χ4n) is 2.28. The molecule has 0 spiro atoms. The average Bonchev–Trinajstić information content (AvgIpc) is 2.78. The summed E-state index contributed by atoms with van der Waals surface area (Å²) in [5, 5.41) is 7.87. The highest BCUT2D eigenvalue weighted by Crippen LogP contribution is 2.11. The van der Waals surface area contributed by atoms with E-state index in [-0.39, 0.29) is 0 Å². The van der Waals surface area contributed by atoms with E-state index in [1.807, 2.05) is 4.68 Å². The molecule has 0 saturated heterocycles. The fourth-order valence-corrected chi connectivity index (χ4v) is 2.28. The van der Waals surface area contributed by atoms with E-state index in [4.69, 9.17) is 0 Å². The number of aromatic nitrogens is 3. The molecule has 0 aliphatic rings. The molecule has 4 heteroatoms. The van der Waals surface area contributed by atoms with Crippen molar-refractivity contribution in [3.8, 4) is 0 Å². The van der Waals surface area contributed by atoms with Crippen molar-refractivity contribution in [3.63, 3.8) is 0 Å². The van der Waals surface area contributed by atoms with E-state index < -0.39 is 0 Å². The van der Waals surface area contributed by atoms with Gasteiger partial charge in [-0.2, -0.15) is 5.10 Å². The Kier molecular flexibility index (Phi) is 6.94. The van der Waals surface area contributed by atoms with Crippen LogP contribution < -0.4 is 5.32 Å². The van der Waals surface area contributed by atoms with Crippen molar-refractivity contribution in [1.82, 2.24) is 20.1 Å². The van der Waals surface area contributed by atoms with E-state index in [0.717, 1.165) is 18.8 Å². The van der Waals surface area contributed by atoms with Crippen molar-refractivity contribution in [2.24, 2.45) is 0 Å². The third-order valence-corrected chi connectivity index (χ3v) is 3.21. The largest absolute Gasteiger partial charge is 0.314 e. The normalized spacial score (nSPS) is 13.2. The maximum atomic E-state index is 4.40. The lowest BCUT2D eigenvalue weighted by Crippen LogP contribution is -2.32. The van der Waals surface area contributed by atoms with Crippen LogP contribution in [0.1, 0.15) is 65.2 Å². The lowest BCUT2D eigenvalue weighted by Gasteiger charge is -2.18. The number of hydrogen-bond donors (Lipinski definition) is 1. The summed E-state index contributed by atoms with van der Waals surface area (Å²) in [5.41, 5.74) is 0. The van der Waals surface area contributed by atoms with E-state index >= 15 is 0 Å². The molecule has 1 aromatic rings. The smallest absolute Gasteiger partial charge is 0.138 e. The molecule has 0 saturated carbocycles. The fraction of sp³-hybridized carbons (Fsp3) is 0.857. The van der Waals surface area contributed by atoms with Crippen molar-refractivity contribution < 1.29 is 0 Å². The first-order chi connectivity index (χ1) is 8.69. The SMILES string of the molecule is CCCCCC(Cc1ncnn1C(C)C)NCC. The van der Waals surface area contributed by atoms with Crippen LogP contribution in [0, 0.1) is 0 Å². The Hall–Kier alpha value is -0.900. The van der Waals surface area contributed by atoms with Crippen LogP contribution in [0.15, 0.2) is 6.33 Å². The van der Waals surface area contributed by atoms with Gasteiger partial charge in [-0.1, -0.05) is 33.1 Å². The highest BCUT2D eigenvalue weighted by atomic mass is 15.3. The van der Waals surface area contributed by atoms with E-state index in [0.29, 0.717) is 12.1 Å². The van der Waals surface area contributed by atoms with Gasteiger partial charge in [-0.3, -0.25) is 0 Å². The van der Waals surface area contributed by atoms with Gasteiger partial charge in [0.25, 0.3) is 0 Å². The minimum Gasteiger partial charge on any atom is -0.314 e. The molecule has 0 aliphatic heterocycles. The van der Waals surface area contributed by atoms with Crippen molar-refractivity contribution >= 4 is 0 Å². The first-order valence-corrected chi connectivity index (χ1v) is 7.30. The third-order valence-electron chi connectivity index (χ3n) is 3.21. The van der Waals surface area contributed by atoms with Crippen LogP contribution in [0.5, 0.6) is 0 Å². The molecule has 1 unspecified atom stereocenters. The summed E-state index contributed by atoms with van der Waals surface area (Å²) < 4.78 is 2.03. The Bertz CT molecular complexity index is 319. The number of likely N-dealkylation sites (N-methyl/N-ethyl adjacent to an activating group) is 1. The van der Waals surface area contributed by atoms with E-state index in [1.165, 1.54) is 25.7 Å². The maximum absolute atomic E-state index is 4.40. The van der Waals surface area contributed by atoms with Crippen molar-refractivity contribution in [3.05, 3.63) is 12.2 Å². The topological polar surface area (TPSA) is 42.7 Å². The van der Waals surface area contributed by atoms with Crippen LogP contribution in [0.25, 0.3) is 0 Å². The lowest BCUT2D eigenvalue weighted by molar-refractivity contribution is 0.432.